The minimum absolute atomic E-state index is 0.356. The SMILES string of the molecule is C[C@@H](NCc1ccn[nH]1)c1ccccc1. The molecule has 0 aliphatic rings. The minimum atomic E-state index is 0.356. The smallest absolute Gasteiger partial charge is 0.0490 e. The average Bonchev–Trinajstić information content (AvgIpc) is 2.80. The second kappa shape index (κ2) is 4.75. The van der Waals surface area contributed by atoms with Gasteiger partial charge >= 0.3 is 0 Å². The number of H-pyrrole nitrogens is 1. The van der Waals surface area contributed by atoms with E-state index in [0.717, 1.165) is 12.2 Å². The van der Waals surface area contributed by atoms with Crippen LogP contribution in [0.25, 0.3) is 0 Å². The molecule has 2 rings (SSSR count). The van der Waals surface area contributed by atoms with Crippen molar-refractivity contribution in [2.24, 2.45) is 0 Å². The molecule has 0 aliphatic heterocycles. The lowest BCUT2D eigenvalue weighted by atomic mass is 10.1. The fraction of sp³-hybridized carbons (Fsp3) is 0.250. The van der Waals surface area contributed by atoms with Gasteiger partial charge in [0.1, 0.15) is 0 Å². The summed E-state index contributed by atoms with van der Waals surface area (Å²) in [5.41, 5.74) is 2.41. The molecule has 3 nitrogen and oxygen atoms in total. The van der Waals surface area contributed by atoms with Crippen molar-refractivity contribution in [2.45, 2.75) is 19.5 Å². The van der Waals surface area contributed by atoms with Crippen LogP contribution in [0.4, 0.5) is 0 Å². The number of rotatable bonds is 4. The molecule has 2 aromatic rings. The van der Waals surface area contributed by atoms with Crippen LogP contribution in [-0.2, 0) is 6.54 Å². The Labute approximate surface area is 89.5 Å². The van der Waals surface area contributed by atoms with Crippen molar-refractivity contribution in [1.82, 2.24) is 15.5 Å². The Balaban J connectivity index is 1.90. The van der Waals surface area contributed by atoms with Gasteiger partial charge in [0.2, 0.25) is 0 Å². The zero-order chi connectivity index (χ0) is 10.5. The number of hydrogen-bond acceptors (Lipinski definition) is 2. The van der Waals surface area contributed by atoms with Gasteiger partial charge < -0.3 is 5.32 Å². The van der Waals surface area contributed by atoms with Gasteiger partial charge in [-0.25, -0.2) is 0 Å². The number of nitrogens with one attached hydrogen (secondary N) is 2. The van der Waals surface area contributed by atoms with Crippen LogP contribution in [0.15, 0.2) is 42.6 Å². The molecule has 0 amide bonds. The fourth-order valence-electron chi connectivity index (χ4n) is 1.51. The van der Waals surface area contributed by atoms with Crippen LogP contribution in [0, 0.1) is 0 Å². The molecule has 0 fully saturated rings. The summed E-state index contributed by atoms with van der Waals surface area (Å²) in [4.78, 5) is 0. The van der Waals surface area contributed by atoms with Crippen LogP contribution in [0.2, 0.25) is 0 Å². The molecule has 0 spiro atoms. The maximum Gasteiger partial charge on any atom is 0.0490 e. The lowest BCUT2D eigenvalue weighted by Crippen LogP contribution is -2.18. The van der Waals surface area contributed by atoms with Gasteiger partial charge in [-0.3, -0.25) is 5.10 Å². The summed E-state index contributed by atoms with van der Waals surface area (Å²) < 4.78 is 0. The van der Waals surface area contributed by atoms with Crippen LogP contribution in [0.3, 0.4) is 0 Å². The summed E-state index contributed by atoms with van der Waals surface area (Å²) in [5.74, 6) is 0. The molecular weight excluding hydrogens is 186 g/mol. The first kappa shape index (κ1) is 9.93. The molecule has 1 heterocycles. The molecule has 15 heavy (non-hydrogen) atoms. The second-order valence-corrected chi connectivity index (χ2v) is 3.60. The molecule has 2 N–H and O–H groups in total. The predicted octanol–water partition coefficient (Wildman–Crippen LogP) is 2.26. The molecule has 3 heteroatoms. The maximum atomic E-state index is 3.91. The summed E-state index contributed by atoms with van der Waals surface area (Å²) in [5, 5.41) is 10.3. The number of nitrogens with zero attached hydrogens (tertiary/aromatic N) is 1. The van der Waals surface area contributed by atoms with Gasteiger partial charge in [-0.05, 0) is 18.6 Å². The van der Waals surface area contributed by atoms with Gasteiger partial charge in [-0.15, -0.1) is 0 Å². The van der Waals surface area contributed by atoms with E-state index in [2.05, 4.69) is 46.7 Å². The number of benzene rings is 1. The number of aromatic amines is 1. The molecule has 0 saturated heterocycles. The van der Waals surface area contributed by atoms with Crippen molar-refractivity contribution in [3.8, 4) is 0 Å². The third kappa shape index (κ3) is 2.67. The van der Waals surface area contributed by atoms with Gasteiger partial charge in [0.15, 0.2) is 0 Å². The average molecular weight is 201 g/mol. The van der Waals surface area contributed by atoms with E-state index in [4.69, 9.17) is 0 Å². The summed E-state index contributed by atoms with van der Waals surface area (Å²) in [6.07, 6.45) is 1.77. The van der Waals surface area contributed by atoms with Gasteiger partial charge in [0.05, 0.1) is 0 Å². The van der Waals surface area contributed by atoms with E-state index in [1.165, 1.54) is 5.56 Å². The van der Waals surface area contributed by atoms with E-state index in [0.29, 0.717) is 6.04 Å². The molecule has 0 aliphatic carbocycles. The van der Waals surface area contributed by atoms with Gasteiger partial charge in [0.25, 0.3) is 0 Å². The van der Waals surface area contributed by atoms with Crippen molar-refractivity contribution >= 4 is 0 Å². The molecule has 78 valence electrons. The largest absolute Gasteiger partial charge is 0.305 e. The molecular formula is C12H15N3. The Morgan fingerprint density at radius 3 is 2.73 bits per heavy atom. The van der Waals surface area contributed by atoms with Crippen molar-refractivity contribution in [1.29, 1.82) is 0 Å². The zero-order valence-electron chi connectivity index (χ0n) is 8.77. The van der Waals surface area contributed by atoms with Crippen LogP contribution in [0.1, 0.15) is 24.2 Å². The molecule has 0 unspecified atom stereocenters. The van der Waals surface area contributed by atoms with E-state index < -0.39 is 0 Å². The zero-order valence-corrected chi connectivity index (χ0v) is 8.77. The Hall–Kier alpha value is -1.61. The van der Waals surface area contributed by atoms with E-state index in [9.17, 15) is 0 Å². The van der Waals surface area contributed by atoms with Crippen molar-refractivity contribution in [3.05, 3.63) is 53.9 Å². The lowest BCUT2D eigenvalue weighted by molar-refractivity contribution is 0.567. The summed E-state index contributed by atoms with van der Waals surface area (Å²) in [6.45, 7) is 2.97. The summed E-state index contributed by atoms with van der Waals surface area (Å²) >= 11 is 0. The Morgan fingerprint density at radius 1 is 1.27 bits per heavy atom. The van der Waals surface area contributed by atoms with Crippen molar-refractivity contribution in [3.63, 3.8) is 0 Å². The first-order valence-electron chi connectivity index (χ1n) is 5.13. The van der Waals surface area contributed by atoms with E-state index in [1.54, 1.807) is 6.20 Å². The topological polar surface area (TPSA) is 40.7 Å². The van der Waals surface area contributed by atoms with Gasteiger partial charge in [-0.2, -0.15) is 5.10 Å². The third-order valence-corrected chi connectivity index (χ3v) is 2.46. The van der Waals surface area contributed by atoms with Gasteiger partial charge in [-0.1, -0.05) is 30.3 Å². The number of hydrogen-bond donors (Lipinski definition) is 2. The van der Waals surface area contributed by atoms with Crippen LogP contribution in [-0.4, -0.2) is 10.2 Å². The van der Waals surface area contributed by atoms with Crippen LogP contribution in [0.5, 0.6) is 0 Å². The lowest BCUT2D eigenvalue weighted by Gasteiger charge is -2.13. The quantitative estimate of drug-likeness (QED) is 0.796. The van der Waals surface area contributed by atoms with Gasteiger partial charge in [0, 0.05) is 24.5 Å². The van der Waals surface area contributed by atoms with E-state index in [-0.39, 0.29) is 0 Å². The summed E-state index contributed by atoms with van der Waals surface area (Å²) in [6, 6.07) is 12.7. The Morgan fingerprint density at radius 2 is 2.07 bits per heavy atom. The highest BCUT2D eigenvalue weighted by Crippen LogP contribution is 2.11. The Bertz CT molecular complexity index is 381. The third-order valence-electron chi connectivity index (χ3n) is 2.46. The highest BCUT2D eigenvalue weighted by Gasteiger charge is 2.03. The van der Waals surface area contributed by atoms with Crippen LogP contribution >= 0.6 is 0 Å². The molecule has 1 aromatic carbocycles. The molecule has 0 radical (unpaired) electrons. The first-order valence-corrected chi connectivity index (χ1v) is 5.13. The molecule has 1 atom stereocenters. The van der Waals surface area contributed by atoms with E-state index >= 15 is 0 Å². The fourth-order valence-corrected chi connectivity index (χ4v) is 1.51. The minimum Gasteiger partial charge on any atom is -0.305 e. The second-order valence-electron chi connectivity index (χ2n) is 3.60. The normalized spacial score (nSPS) is 12.6. The maximum absolute atomic E-state index is 3.91. The van der Waals surface area contributed by atoms with Crippen LogP contribution < -0.4 is 5.32 Å². The predicted molar refractivity (Wildman–Crippen MR) is 60.3 cm³/mol. The molecule has 0 saturated carbocycles. The standard InChI is InChI=1S/C12H15N3/c1-10(11-5-3-2-4-6-11)13-9-12-7-8-14-15-12/h2-8,10,13H,9H2,1H3,(H,14,15)/t10-/m1/s1. The number of aromatic nitrogens is 2. The highest BCUT2D eigenvalue weighted by molar-refractivity contribution is 5.18. The summed E-state index contributed by atoms with van der Waals surface area (Å²) in [7, 11) is 0. The monoisotopic (exact) mass is 201 g/mol. The molecule has 1 aromatic heterocycles. The first-order chi connectivity index (χ1) is 7.36. The highest BCUT2D eigenvalue weighted by atomic mass is 15.1. The molecule has 0 bridgehead atoms. The van der Waals surface area contributed by atoms with Crippen molar-refractivity contribution < 1.29 is 0 Å². The Kier molecular flexibility index (Phi) is 3.15. The van der Waals surface area contributed by atoms with Crippen molar-refractivity contribution in [2.75, 3.05) is 0 Å². The van der Waals surface area contributed by atoms with E-state index in [1.807, 2.05) is 12.1 Å².